The second kappa shape index (κ2) is 11.9. The van der Waals surface area contributed by atoms with Crippen molar-refractivity contribution in [2.45, 2.75) is 0 Å². The van der Waals surface area contributed by atoms with Crippen LogP contribution in [0.4, 0.5) is 17.1 Å². The van der Waals surface area contributed by atoms with E-state index in [0.29, 0.717) is 0 Å². The Kier molecular flexibility index (Phi) is 6.76. The van der Waals surface area contributed by atoms with Crippen LogP contribution in [-0.4, -0.2) is 0 Å². The topological polar surface area (TPSA) is 16.4 Å². The van der Waals surface area contributed by atoms with Crippen LogP contribution in [0.25, 0.3) is 85.9 Å². The predicted molar refractivity (Wildman–Crippen MR) is 227 cm³/mol. The van der Waals surface area contributed by atoms with Crippen LogP contribution in [0.5, 0.6) is 0 Å². The second-order valence-electron chi connectivity index (χ2n) is 13.7. The fourth-order valence-corrected chi connectivity index (χ4v) is 9.25. The van der Waals surface area contributed by atoms with Crippen molar-refractivity contribution >= 4 is 92.1 Å². The standard InChI is InChI=1S/C50H31NOS/c1-2-10-32(11-3-1)36-15-8-16-38(30-36)51(37-23-20-35(21-24-37)41-19-9-14-33-12-4-6-17-40(33)41)39-25-28-46-44(31-39)49-47(53-46)29-27-45-48(49)43-26-22-34-13-5-7-18-42(34)50(43)52-45/h1-31H. The minimum atomic E-state index is 0.922. The van der Waals surface area contributed by atoms with Crippen molar-refractivity contribution in [3.05, 3.63) is 188 Å². The van der Waals surface area contributed by atoms with Gasteiger partial charge in [0.1, 0.15) is 11.2 Å². The molecular weight excluding hydrogens is 663 g/mol. The Bertz CT molecular complexity index is 3170. The Morgan fingerprint density at radius 1 is 0.377 bits per heavy atom. The van der Waals surface area contributed by atoms with Gasteiger partial charge in [0.2, 0.25) is 0 Å². The predicted octanol–water partition coefficient (Wildman–Crippen LogP) is 15.1. The summed E-state index contributed by atoms with van der Waals surface area (Å²) in [6.45, 7) is 0. The lowest BCUT2D eigenvalue weighted by Crippen LogP contribution is -2.10. The summed E-state index contributed by atoms with van der Waals surface area (Å²) < 4.78 is 9.15. The third kappa shape index (κ3) is 4.86. The maximum Gasteiger partial charge on any atom is 0.143 e. The van der Waals surface area contributed by atoms with Gasteiger partial charge in [0.25, 0.3) is 0 Å². The maximum absolute atomic E-state index is 6.63. The van der Waals surface area contributed by atoms with E-state index in [-0.39, 0.29) is 0 Å². The molecule has 11 aromatic rings. The van der Waals surface area contributed by atoms with Crippen LogP contribution >= 0.6 is 11.3 Å². The first kappa shape index (κ1) is 30.0. The summed E-state index contributed by atoms with van der Waals surface area (Å²) in [5.41, 5.74) is 10.00. The minimum Gasteiger partial charge on any atom is -0.455 e. The van der Waals surface area contributed by atoms with E-state index in [0.717, 1.165) is 39.0 Å². The van der Waals surface area contributed by atoms with Gasteiger partial charge in [-0.25, -0.2) is 0 Å². The van der Waals surface area contributed by atoms with Crippen molar-refractivity contribution in [1.82, 2.24) is 0 Å². The molecule has 0 aliphatic rings. The average molecular weight is 694 g/mol. The van der Waals surface area contributed by atoms with E-state index in [1.807, 2.05) is 11.3 Å². The van der Waals surface area contributed by atoms with E-state index < -0.39 is 0 Å². The Morgan fingerprint density at radius 2 is 1.06 bits per heavy atom. The Labute approximate surface area is 310 Å². The van der Waals surface area contributed by atoms with Crippen molar-refractivity contribution in [3.8, 4) is 22.3 Å². The van der Waals surface area contributed by atoms with Gasteiger partial charge >= 0.3 is 0 Å². The van der Waals surface area contributed by atoms with Gasteiger partial charge in [-0.15, -0.1) is 11.3 Å². The number of benzene rings is 9. The molecule has 0 saturated carbocycles. The van der Waals surface area contributed by atoms with Crippen LogP contribution in [0.1, 0.15) is 0 Å². The van der Waals surface area contributed by atoms with E-state index in [9.17, 15) is 0 Å². The van der Waals surface area contributed by atoms with E-state index >= 15 is 0 Å². The fourth-order valence-electron chi connectivity index (χ4n) is 8.16. The van der Waals surface area contributed by atoms with E-state index in [1.54, 1.807) is 0 Å². The molecule has 11 rings (SSSR count). The lowest BCUT2D eigenvalue weighted by molar-refractivity contribution is 0.673. The number of hydrogen-bond donors (Lipinski definition) is 0. The van der Waals surface area contributed by atoms with Crippen molar-refractivity contribution < 1.29 is 4.42 Å². The molecule has 0 bridgehead atoms. The van der Waals surface area contributed by atoms with Gasteiger partial charge in [0, 0.05) is 53.4 Å². The minimum absolute atomic E-state index is 0.922. The van der Waals surface area contributed by atoms with Crippen molar-refractivity contribution in [2.75, 3.05) is 4.90 Å². The van der Waals surface area contributed by atoms with Crippen LogP contribution in [0.2, 0.25) is 0 Å². The molecule has 9 aromatic carbocycles. The zero-order valence-corrected chi connectivity index (χ0v) is 29.5. The van der Waals surface area contributed by atoms with E-state index in [2.05, 4.69) is 193 Å². The molecule has 0 aliphatic carbocycles. The Hall–Kier alpha value is -6.68. The Balaban J connectivity index is 1.12. The molecule has 3 heteroatoms. The summed E-state index contributed by atoms with van der Waals surface area (Å²) in [6, 6.07) is 67.9. The van der Waals surface area contributed by atoms with Gasteiger partial charge in [0.15, 0.2) is 0 Å². The summed E-state index contributed by atoms with van der Waals surface area (Å²) in [5.74, 6) is 0. The summed E-state index contributed by atoms with van der Waals surface area (Å²) in [5, 5.41) is 9.67. The first-order valence-corrected chi connectivity index (χ1v) is 18.8. The third-order valence-electron chi connectivity index (χ3n) is 10.6. The molecular formula is C50H31NOS. The van der Waals surface area contributed by atoms with Gasteiger partial charge < -0.3 is 9.32 Å². The van der Waals surface area contributed by atoms with E-state index in [1.165, 1.54) is 64.0 Å². The molecule has 0 unspecified atom stereocenters. The van der Waals surface area contributed by atoms with Gasteiger partial charge in [-0.3, -0.25) is 0 Å². The lowest BCUT2D eigenvalue weighted by atomic mass is 9.98. The molecule has 53 heavy (non-hydrogen) atoms. The number of rotatable bonds is 5. The first-order chi connectivity index (χ1) is 26.3. The normalized spacial score (nSPS) is 11.8. The SMILES string of the molecule is c1ccc(-c2cccc(N(c3ccc(-c4cccc5ccccc45)cc3)c3ccc4sc5ccc6oc7c8ccccc8ccc7c6c5c4c3)c2)cc1. The molecule has 2 aromatic heterocycles. The van der Waals surface area contributed by atoms with Gasteiger partial charge in [-0.1, -0.05) is 127 Å². The average Bonchev–Trinajstić information content (AvgIpc) is 3.80. The summed E-state index contributed by atoms with van der Waals surface area (Å²) >= 11 is 1.84. The van der Waals surface area contributed by atoms with Crippen LogP contribution in [-0.2, 0) is 0 Å². The highest BCUT2D eigenvalue weighted by atomic mass is 32.1. The lowest BCUT2D eigenvalue weighted by Gasteiger charge is -2.26. The molecule has 0 spiro atoms. The molecule has 0 N–H and O–H groups in total. The highest BCUT2D eigenvalue weighted by molar-refractivity contribution is 7.26. The second-order valence-corrected chi connectivity index (χ2v) is 14.8. The summed E-state index contributed by atoms with van der Waals surface area (Å²) in [4.78, 5) is 2.39. The van der Waals surface area contributed by atoms with Crippen molar-refractivity contribution in [1.29, 1.82) is 0 Å². The highest BCUT2D eigenvalue weighted by Gasteiger charge is 2.20. The highest BCUT2D eigenvalue weighted by Crippen LogP contribution is 2.46. The number of fused-ring (bicyclic) bond motifs is 10. The molecule has 0 amide bonds. The molecule has 0 radical (unpaired) electrons. The molecule has 0 atom stereocenters. The zero-order chi connectivity index (χ0) is 34.9. The number of hydrogen-bond acceptors (Lipinski definition) is 3. The monoisotopic (exact) mass is 693 g/mol. The van der Waals surface area contributed by atoms with Crippen LogP contribution in [0, 0.1) is 0 Å². The van der Waals surface area contributed by atoms with Gasteiger partial charge in [0.05, 0.1) is 0 Å². The number of furan rings is 1. The Morgan fingerprint density at radius 3 is 1.92 bits per heavy atom. The van der Waals surface area contributed by atoms with Gasteiger partial charge in [-0.2, -0.15) is 0 Å². The number of anilines is 3. The molecule has 248 valence electrons. The number of nitrogens with zero attached hydrogens (tertiary/aromatic N) is 1. The zero-order valence-electron chi connectivity index (χ0n) is 28.7. The molecule has 0 fully saturated rings. The molecule has 2 nitrogen and oxygen atoms in total. The van der Waals surface area contributed by atoms with E-state index in [4.69, 9.17) is 4.42 Å². The summed E-state index contributed by atoms with van der Waals surface area (Å²) in [7, 11) is 0. The van der Waals surface area contributed by atoms with Crippen molar-refractivity contribution in [3.63, 3.8) is 0 Å². The molecule has 0 aliphatic heterocycles. The van der Waals surface area contributed by atoms with Crippen LogP contribution in [0.15, 0.2) is 192 Å². The van der Waals surface area contributed by atoms with Gasteiger partial charge in [-0.05, 0) is 99.1 Å². The quantitative estimate of drug-likeness (QED) is 0.178. The third-order valence-corrected chi connectivity index (χ3v) is 11.8. The molecule has 2 heterocycles. The van der Waals surface area contributed by atoms with Crippen LogP contribution in [0.3, 0.4) is 0 Å². The first-order valence-electron chi connectivity index (χ1n) is 18.0. The van der Waals surface area contributed by atoms with Crippen molar-refractivity contribution in [2.24, 2.45) is 0 Å². The number of thiophene rings is 1. The summed E-state index contributed by atoms with van der Waals surface area (Å²) in [6.07, 6.45) is 0. The largest absolute Gasteiger partial charge is 0.455 e. The maximum atomic E-state index is 6.63. The smallest absolute Gasteiger partial charge is 0.143 e. The fraction of sp³-hybridized carbons (Fsp3) is 0. The van der Waals surface area contributed by atoms with Crippen LogP contribution < -0.4 is 4.90 Å². The molecule has 0 saturated heterocycles.